The van der Waals surface area contributed by atoms with Crippen molar-refractivity contribution in [1.82, 2.24) is 0 Å². The van der Waals surface area contributed by atoms with E-state index in [0.29, 0.717) is 37.9 Å². The molecule has 0 amide bonds. The third-order valence-electron chi connectivity index (χ3n) is 6.31. The molecule has 1 aromatic rings. The van der Waals surface area contributed by atoms with Crippen molar-refractivity contribution in [3.8, 4) is 0 Å². The summed E-state index contributed by atoms with van der Waals surface area (Å²) in [6.45, 7) is 0.660. The highest BCUT2D eigenvalue weighted by atomic mass is 16.7. The molecule has 33 heavy (non-hydrogen) atoms. The first-order valence-corrected chi connectivity index (χ1v) is 11.8. The largest absolute Gasteiger partial charge is 0.469 e. The van der Waals surface area contributed by atoms with E-state index in [1.807, 2.05) is 18.2 Å². The average Bonchev–Trinajstić information content (AvgIpc) is 3.17. The fourth-order valence-corrected chi connectivity index (χ4v) is 4.49. The molecule has 1 aliphatic heterocycles. The van der Waals surface area contributed by atoms with Crippen molar-refractivity contribution in [3.63, 3.8) is 0 Å². The Morgan fingerprint density at radius 3 is 2.64 bits per heavy atom. The van der Waals surface area contributed by atoms with Crippen LogP contribution in [0, 0.1) is 11.8 Å². The Labute approximate surface area is 195 Å². The molecule has 2 fully saturated rings. The first kappa shape index (κ1) is 25.1. The molecule has 3 rings (SSSR count). The summed E-state index contributed by atoms with van der Waals surface area (Å²) >= 11 is 0. The van der Waals surface area contributed by atoms with Crippen LogP contribution in [0.4, 0.5) is 0 Å². The van der Waals surface area contributed by atoms with E-state index in [2.05, 4.69) is 4.74 Å². The number of hydrogen-bond acceptors (Lipinski definition) is 7. The molecule has 0 aromatic heterocycles. The number of ether oxygens (including phenoxy) is 4. The van der Waals surface area contributed by atoms with Gasteiger partial charge in [-0.2, -0.15) is 0 Å². The zero-order valence-corrected chi connectivity index (χ0v) is 19.2. The highest BCUT2D eigenvalue weighted by Crippen LogP contribution is 2.39. The summed E-state index contributed by atoms with van der Waals surface area (Å²) in [6.07, 6.45) is 9.54. The van der Waals surface area contributed by atoms with Crippen molar-refractivity contribution < 1.29 is 33.3 Å². The number of methoxy groups -OCH3 is 1. The fraction of sp³-hybridized carbons (Fsp3) is 0.577. The molecule has 0 spiro atoms. The number of hydrogen-bond donors (Lipinski definition) is 0. The predicted molar refractivity (Wildman–Crippen MR) is 121 cm³/mol. The third kappa shape index (κ3) is 7.51. The summed E-state index contributed by atoms with van der Waals surface area (Å²) in [7, 11) is 1.38. The van der Waals surface area contributed by atoms with Gasteiger partial charge in [0.2, 0.25) is 0 Å². The van der Waals surface area contributed by atoms with Crippen molar-refractivity contribution in [2.45, 2.75) is 69.9 Å². The molecule has 180 valence electrons. The number of carbonyl (C=O) groups is 3. The van der Waals surface area contributed by atoms with Crippen LogP contribution in [-0.2, 0) is 28.5 Å². The minimum absolute atomic E-state index is 0.180. The van der Waals surface area contributed by atoms with Gasteiger partial charge in [-0.05, 0) is 50.7 Å². The lowest BCUT2D eigenvalue weighted by Gasteiger charge is -2.27. The molecule has 2 aliphatic rings. The fourth-order valence-electron chi connectivity index (χ4n) is 4.49. The van der Waals surface area contributed by atoms with E-state index in [4.69, 9.17) is 14.2 Å². The van der Waals surface area contributed by atoms with Gasteiger partial charge in [-0.15, -0.1) is 0 Å². The highest BCUT2D eigenvalue weighted by Gasteiger charge is 2.46. The second-order valence-corrected chi connectivity index (χ2v) is 8.57. The molecular formula is C26H34O7. The van der Waals surface area contributed by atoms with Gasteiger partial charge in [0.15, 0.2) is 6.29 Å². The Balaban J connectivity index is 1.64. The molecule has 5 atom stereocenters. The number of allylic oxidation sites excluding steroid dienone is 2. The zero-order valence-electron chi connectivity index (χ0n) is 19.2. The van der Waals surface area contributed by atoms with Crippen molar-refractivity contribution in [2.75, 3.05) is 13.7 Å². The quantitative estimate of drug-likeness (QED) is 0.212. The predicted octanol–water partition coefficient (Wildman–Crippen LogP) is 4.25. The van der Waals surface area contributed by atoms with E-state index in [1.165, 1.54) is 7.11 Å². The Hall–Kier alpha value is -2.51. The van der Waals surface area contributed by atoms with Crippen LogP contribution >= 0.6 is 0 Å². The van der Waals surface area contributed by atoms with E-state index in [0.717, 1.165) is 32.0 Å². The smallest absolute Gasteiger partial charge is 0.338 e. The Morgan fingerprint density at radius 1 is 1.12 bits per heavy atom. The van der Waals surface area contributed by atoms with Crippen LogP contribution in [0.1, 0.15) is 61.7 Å². The number of aldehydes is 1. The van der Waals surface area contributed by atoms with E-state index < -0.39 is 12.1 Å². The van der Waals surface area contributed by atoms with Crippen LogP contribution in [0.15, 0.2) is 42.5 Å². The van der Waals surface area contributed by atoms with Gasteiger partial charge in [-0.25, -0.2) is 4.79 Å². The van der Waals surface area contributed by atoms with Gasteiger partial charge >= 0.3 is 11.9 Å². The van der Waals surface area contributed by atoms with Crippen LogP contribution in [0.5, 0.6) is 0 Å². The second-order valence-electron chi connectivity index (χ2n) is 8.57. The van der Waals surface area contributed by atoms with Gasteiger partial charge in [-0.3, -0.25) is 4.79 Å². The summed E-state index contributed by atoms with van der Waals surface area (Å²) in [4.78, 5) is 36.0. The van der Waals surface area contributed by atoms with Gasteiger partial charge in [0.25, 0.3) is 0 Å². The SMILES string of the molecule is COC(=O)CCC/C=C\C[C@H]1[C@@H](C=O)[C@@H](OC2CCCCO2)C[C@H]1OC(=O)c1ccccc1. The molecule has 7 heteroatoms. The number of rotatable bonds is 11. The maximum Gasteiger partial charge on any atom is 0.338 e. The van der Waals surface area contributed by atoms with Crippen LogP contribution in [-0.4, -0.2) is 50.4 Å². The molecule has 1 aromatic carbocycles. The molecule has 0 bridgehead atoms. The van der Waals surface area contributed by atoms with E-state index in [9.17, 15) is 14.4 Å². The molecule has 1 aliphatic carbocycles. The maximum atomic E-state index is 12.7. The van der Waals surface area contributed by atoms with Crippen LogP contribution < -0.4 is 0 Å². The summed E-state index contributed by atoms with van der Waals surface area (Å²) < 4.78 is 22.4. The third-order valence-corrected chi connectivity index (χ3v) is 6.31. The number of esters is 2. The van der Waals surface area contributed by atoms with Gasteiger partial charge < -0.3 is 23.7 Å². The zero-order chi connectivity index (χ0) is 23.5. The number of unbranched alkanes of at least 4 members (excludes halogenated alkanes) is 1. The first-order chi connectivity index (χ1) is 16.1. The minimum Gasteiger partial charge on any atom is -0.469 e. The summed E-state index contributed by atoms with van der Waals surface area (Å²) in [5, 5.41) is 0. The monoisotopic (exact) mass is 458 g/mol. The van der Waals surface area contributed by atoms with E-state index in [-0.39, 0.29) is 30.2 Å². The van der Waals surface area contributed by atoms with Crippen molar-refractivity contribution >= 4 is 18.2 Å². The molecule has 1 heterocycles. The summed E-state index contributed by atoms with van der Waals surface area (Å²) in [5.74, 6) is -1.19. The molecule has 0 N–H and O–H groups in total. The lowest BCUT2D eigenvalue weighted by atomic mass is 9.91. The van der Waals surface area contributed by atoms with Gasteiger partial charge in [0.05, 0.1) is 18.8 Å². The normalized spacial score (nSPS) is 27.4. The van der Waals surface area contributed by atoms with Crippen LogP contribution in [0.3, 0.4) is 0 Å². The summed E-state index contributed by atoms with van der Waals surface area (Å²) in [6, 6.07) is 8.86. The van der Waals surface area contributed by atoms with Crippen LogP contribution in [0.2, 0.25) is 0 Å². The van der Waals surface area contributed by atoms with E-state index in [1.54, 1.807) is 24.3 Å². The highest BCUT2D eigenvalue weighted by molar-refractivity contribution is 5.89. The van der Waals surface area contributed by atoms with Crippen molar-refractivity contribution in [3.05, 3.63) is 48.0 Å². The van der Waals surface area contributed by atoms with Gasteiger partial charge in [0.1, 0.15) is 12.4 Å². The topological polar surface area (TPSA) is 88.1 Å². The van der Waals surface area contributed by atoms with Crippen molar-refractivity contribution in [1.29, 1.82) is 0 Å². The second kappa shape index (κ2) is 13.3. The Kier molecular flexibility index (Phi) is 10.1. The van der Waals surface area contributed by atoms with E-state index >= 15 is 0 Å². The maximum absolute atomic E-state index is 12.7. The Bertz CT molecular complexity index is 785. The summed E-state index contributed by atoms with van der Waals surface area (Å²) in [5.41, 5.74) is 0.484. The number of benzene rings is 1. The first-order valence-electron chi connectivity index (χ1n) is 11.8. The Morgan fingerprint density at radius 2 is 1.94 bits per heavy atom. The molecule has 0 radical (unpaired) electrons. The standard InChI is InChI=1S/C26H34O7/c1-30-24(28)14-8-3-2-7-13-20-21(18-27)23(32-25-15-9-10-16-31-25)17-22(20)33-26(29)19-11-5-4-6-12-19/h2,4-7,11-12,18,20-23,25H,3,8-10,13-17H2,1H3/b7-2-/t20-,21+,22+,23-,25?/m0/s1. The van der Waals surface area contributed by atoms with Gasteiger partial charge in [0, 0.05) is 31.3 Å². The lowest BCUT2D eigenvalue weighted by Crippen LogP contribution is -2.32. The molecule has 7 nitrogen and oxygen atoms in total. The van der Waals surface area contributed by atoms with Crippen LogP contribution in [0.25, 0.3) is 0 Å². The number of carbonyl (C=O) groups excluding carboxylic acids is 3. The van der Waals surface area contributed by atoms with Crippen molar-refractivity contribution in [2.24, 2.45) is 11.8 Å². The molecule has 1 saturated carbocycles. The molecule has 1 saturated heterocycles. The minimum atomic E-state index is -0.429. The average molecular weight is 459 g/mol. The van der Waals surface area contributed by atoms with Gasteiger partial charge in [-0.1, -0.05) is 30.4 Å². The molecule has 1 unspecified atom stereocenters. The molecular weight excluding hydrogens is 424 g/mol. The lowest BCUT2D eigenvalue weighted by molar-refractivity contribution is -0.194.